The van der Waals surface area contributed by atoms with Crippen LogP contribution < -0.4 is 16.0 Å². The maximum Gasteiger partial charge on any atom is 0.408 e. The molecule has 2 heterocycles. The van der Waals surface area contributed by atoms with Crippen molar-refractivity contribution in [2.24, 2.45) is 0 Å². The number of para-hydroxylation sites is 1. The topological polar surface area (TPSA) is 121 Å². The molecule has 0 unspecified atom stereocenters. The molecule has 2 amide bonds. The van der Waals surface area contributed by atoms with Crippen LogP contribution in [0.25, 0.3) is 22.2 Å². The summed E-state index contributed by atoms with van der Waals surface area (Å²) in [6.45, 7) is 5.40. The Morgan fingerprint density at radius 2 is 1.87 bits per heavy atom. The number of anilines is 3. The van der Waals surface area contributed by atoms with Gasteiger partial charge in [0.2, 0.25) is 5.95 Å². The Hall–Kier alpha value is -4.37. The number of hydrogen-bond acceptors (Lipinski definition) is 6. The van der Waals surface area contributed by atoms with Crippen LogP contribution in [0.4, 0.5) is 22.1 Å². The molecule has 1 atom stereocenters. The molecule has 0 saturated carbocycles. The molecule has 2 aromatic heterocycles. The van der Waals surface area contributed by atoms with Gasteiger partial charge in [0, 0.05) is 46.0 Å². The maximum atomic E-state index is 12.7. The summed E-state index contributed by atoms with van der Waals surface area (Å²) in [5, 5.41) is 10.3. The molecule has 194 valence electrons. The fourth-order valence-electron chi connectivity index (χ4n) is 4.07. The molecule has 1 aliphatic rings. The number of halogens is 1. The van der Waals surface area contributed by atoms with Crippen molar-refractivity contribution in [2.45, 2.75) is 38.8 Å². The number of benzene rings is 2. The van der Waals surface area contributed by atoms with Crippen LogP contribution in [-0.2, 0) is 9.53 Å². The number of aromatic amines is 1. The molecule has 38 heavy (non-hydrogen) atoms. The largest absolute Gasteiger partial charge is 0.444 e. The normalized spacial score (nSPS) is 14.8. The third-order valence-electron chi connectivity index (χ3n) is 5.80. The minimum absolute atomic E-state index is 0.228. The van der Waals surface area contributed by atoms with E-state index < -0.39 is 11.7 Å². The zero-order valence-electron chi connectivity index (χ0n) is 21.1. The summed E-state index contributed by atoms with van der Waals surface area (Å²) in [6.07, 6.45) is 5.08. The standard InChI is InChI=1S/C28H27ClN6O3/c1-28(2,3)38-27(37)34-19-11-16(12-19)25(36)32-17-7-6-8-18(13-17)33-26-31-15-22(29)24(35-26)21-14-30-23-10-5-4-9-20(21)23/h4-11,13-15,19,30H,12H2,1-3H3,(H,32,36)(H,34,37)(H,31,33,35)/t19-/m0/s1. The van der Waals surface area contributed by atoms with E-state index in [-0.39, 0.29) is 11.9 Å². The molecule has 1 aliphatic carbocycles. The smallest absolute Gasteiger partial charge is 0.408 e. The van der Waals surface area contributed by atoms with E-state index in [1.807, 2.05) is 42.6 Å². The number of alkyl carbamates (subject to hydrolysis) is 1. The van der Waals surface area contributed by atoms with Gasteiger partial charge >= 0.3 is 6.09 Å². The van der Waals surface area contributed by atoms with Crippen LogP contribution in [0.5, 0.6) is 0 Å². The predicted octanol–water partition coefficient (Wildman–Crippen LogP) is 6.18. The average molecular weight is 531 g/mol. The number of H-pyrrole nitrogens is 1. The highest BCUT2D eigenvalue weighted by Gasteiger charge is 2.27. The molecule has 9 nitrogen and oxygen atoms in total. The van der Waals surface area contributed by atoms with Crippen molar-refractivity contribution in [3.8, 4) is 11.3 Å². The Morgan fingerprint density at radius 1 is 1.11 bits per heavy atom. The molecule has 5 rings (SSSR count). The Balaban J connectivity index is 1.24. The molecule has 0 aliphatic heterocycles. The number of carbonyl (C=O) groups excluding carboxylic acids is 2. The van der Waals surface area contributed by atoms with E-state index in [2.05, 4.69) is 30.9 Å². The van der Waals surface area contributed by atoms with Crippen molar-refractivity contribution in [1.29, 1.82) is 0 Å². The van der Waals surface area contributed by atoms with Gasteiger partial charge in [-0.25, -0.2) is 14.8 Å². The molecular formula is C28H27ClN6O3. The van der Waals surface area contributed by atoms with Crippen molar-refractivity contribution in [2.75, 3.05) is 10.6 Å². The summed E-state index contributed by atoms with van der Waals surface area (Å²) in [7, 11) is 0. The quantitative estimate of drug-likeness (QED) is 0.236. The van der Waals surface area contributed by atoms with Gasteiger partial charge in [0.05, 0.1) is 23.0 Å². The van der Waals surface area contributed by atoms with E-state index in [9.17, 15) is 9.59 Å². The molecule has 0 saturated heterocycles. The van der Waals surface area contributed by atoms with Gasteiger partial charge in [0.15, 0.2) is 0 Å². The van der Waals surface area contributed by atoms with Gasteiger partial charge in [0.1, 0.15) is 5.60 Å². The average Bonchev–Trinajstić information content (AvgIpc) is 3.25. The van der Waals surface area contributed by atoms with Gasteiger partial charge in [-0.15, -0.1) is 0 Å². The van der Waals surface area contributed by atoms with E-state index in [1.54, 1.807) is 45.2 Å². The first kappa shape index (κ1) is 25.3. The summed E-state index contributed by atoms with van der Waals surface area (Å²) in [6, 6.07) is 14.9. The minimum Gasteiger partial charge on any atom is -0.444 e. The van der Waals surface area contributed by atoms with Crippen molar-refractivity contribution in [1.82, 2.24) is 20.3 Å². The minimum atomic E-state index is -0.578. The summed E-state index contributed by atoms with van der Waals surface area (Å²) in [4.78, 5) is 36.7. The molecule has 0 bridgehead atoms. The Kier molecular flexibility index (Phi) is 6.77. The number of fused-ring (bicyclic) bond motifs is 1. The van der Waals surface area contributed by atoms with E-state index in [4.69, 9.17) is 16.3 Å². The van der Waals surface area contributed by atoms with E-state index in [1.165, 1.54) is 0 Å². The van der Waals surface area contributed by atoms with Gasteiger partial charge in [-0.2, -0.15) is 0 Å². The number of nitrogens with one attached hydrogen (secondary N) is 4. The number of hydrogen-bond donors (Lipinski definition) is 4. The summed E-state index contributed by atoms with van der Waals surface area (Å²) in [5.41, 5.74) is 3.80. The van der Waals surface area contributed by atoms with Gasteiger partial charge < -0.3 is 25.7 Å². The molecule has 0 spiro atoms. The van der Waals surface area contributed by atoms with Crippen LogP contribution >= 0.6 is 11.6 Å². The summed E-state index contributed by atoms with van der Waals surface area (Å²) < 4.78 is 5.25. The number of rotatable bonds is 6. The fraction of sp³-hybridized carbons (Fsp3) is 0.214. The van der Waals surface area contributed by atoms with Crippen LogP contribution in [0.3, 0.4) is 0 Å². The first-order chi connectivity index (χ1) is 18.1. The zero-order chi connectivity index (χ0) is 26.9. The highest BCUT2D eigenvalue weighted by Crippen LogP contribution is 2.33. The Bertz CT molecular complexity index is 1560. The Morgan fingerprint density at radius 3 is 2.66 bits per heavy atom. The van der Waals surface area contributed by atoms with E-state index in [0.717, 1.165) is 16.5 Å². The highest BCUT2D eigenvalue weighted by molar-refractivity contribution is 6.33. The zero-order valence-corrected chi connectivity index (χ0v) is 21.9. The van der Waals surface area contributed by atoms with Crippen molar-refractivity contribution in [3.05, 3.63) is 77.6 Å². The lowest BCUT2D eigenvalue weighted by atomic mass is 9.92. The number of carbonyl (C=O) groups is 2. The van der Waals surface area contributed by atoms with Gasteiger partial charge in [-0.05, 0) is 45.0 Å². The summed E-state index contributed by atoms with van der Waals surface area (Å²) >= 11 is 6.44. The lowest BCUT2D eigenvalue weighted by Gasteiger charge is -2.27. The SMILES string of the molecule is CC(C)(C)OC(=O)N[C@H]1C=C(C(=O)Nc2cccc(Nc3ncc(Cl)c(-c4c[nH]c5ccccc45)n3)c2)C1. The van der Waals surface area contributed by atoms with Crippen LogP contribution in [0.2, 0.25) is 5.02 Å². The monoisotopic (exact) mass is 530 g/mol. The first-order valence-corrected chi connectivity index (χ1v) is 12.5. The molecule has 10 heteroatoms. The molecular weight excluding hydrogens is 504 g/mol. The van der Waals surface area contributed by atoms with Gasteiger partial charge in [-0.1, -0.05) is 41.9 Å². The second-order valence-electron chi connectivity index (χ2n) is 9.95. The van der Waals surface area contributed by atoms with Crippen molar-refractivity contribution in [3.63, 3.8) is 0 Å². The fourth-order valence-corrected chi connectivity index (χ4v) is 4.26. The van der Waals surface area contributed by atoms with Crippen LogP contribution in [0.15, 0.2) is 72.6 Å². The van der Waals surface area contributed by atoms with Crippen LogP contribution in [0, 0.1) is 0 Å². The lowest BCUT2D eigenvalue weighted by Crippen LogP contribution is -2.43. The second kappa shape index (κ2) is 10.2. The third kappa shape index (κ3) is 5.78. The van der Waals surface area contributed by atoms with Gasteiger partial charge in [-0.3, -0.25) is 4.79 Å². The Labute approximate surface area is 224 Å². The van der Waals surface area contributed by atoms with E-state index in [0.29, 0.717) is 40.0 Å². The number of ether oxygens (including phenoxy) is 1. The first-order valence-electron chi connectivity index (χ1n) is 12.1. The summed E-state index contributed by atoms with van der Waals surface area (Å²) in [5.74, 6) is 0.143. The van der Waals surface area contributed by atoms with Crippen LogP contribution in [0.1, 0.15) is 27.2 Å². The highest BCUT2D eigenvalue weighted by atomic mass is 35.5. The van der Waals surface area contributed by atoms with Crippen molar-refractivity contribution >= 4 is 51.8 Å². The molecule has 4 N–H and O–H groups in total. The number of nitrogens with zero attached hydrogens (tertiary/aromatic N) is 2. The third-order valence-corrected chi connectivity index (χ3v) is 6.08. The number of aromatic nitrogens is 3. The lowest BCUT2D eigenvalue weighted by molar-refractivity contribution is -0.113. The van der Waals surface area contributed by atoms with E-state index >= 15 is 0 Å². The maximum absolute atomic E-state index is 12.7. The second-order valence-corrected chi connectivity index (χ2v) is 10.4. The van der Waals surface area contributed by atoms with Crippen LogP contribution in [-0.4, -0.2) is 38.6 Å². The van der Waals surface area contributed by atoms with Gasteiger partial charge in [0.25, 0.3) is 5.91 Å². The van der Waals surface area contributed by atoms with Crippen molar-refractivity contribution < 1.29 is 14.3 Å². The number of amides is 2. The molecule has 2 aromatic carbocycles. The molecule has 0 fully saturated rings. The predicted molar refractivity (Wildman–Crippen MR) is 149 cm³/mol. The molecule has 4 aromatic rings. The molecule has 0 radical (unpaired) electrons.